The van der Waals surface area contributed by atoms with Gasteiger partial charge >= 0.3 is 0 Å². The Labute approximate surface area is 63.3 Å². The average Bonchev–Trinajstić information content (AvgIpc) is 1.89. The Bertz CT molecular complexity index is 98.4. The summed E-state index contributed by atoms with van der Waals surface area (Å²) in [5, 5.41) is 11.4. The van der Waals surface area contributed by atoms with Crippen molar-refractivity contribution in [2.24, 2.45) is 0 Å². The van der Waals surface area contributed by atoms with Crippen molar-refractivity contribution in [3.05, 3.63) is 5.21 Å². The molecule has 60 valence electrons. The predicted molar refractivity (Wildman–Crippen MR) is 43.0 cm³/mol. The normalized spacial score (nSPS) is 36.6. The van der Waals surface area contributed by atoms with Gasteiger partial charge in [0, 0.05) is 12.3 Å². The van der Waals surface area contributed by atoms with Gasteiger partial charge in [0.25, 0.3) is 0 Å². The first-order valence-electron chi connectivity index (χ1n) is 3.70. The number of nitrogens with zero attached hydrogens (tertiary/aromatic N) is 1. The Morgan fingerprint density at radius 2 is 2.10 bits per heavy atom. The maximum atomic E-state index is 11.4. The van der Waals surface area contributed by atoms with Gasteiger partial charge in [0.1, 0.15) is 19.7 Å². The average molecular weight is 163 g/mol. The molecule has 0 saturated carbocycles. The van der Waals surface area contributed by atoms with Crippen molar-refractivity contribution in [3.8, 4) is 0 Å². The largest absolute Gasteiger partial charge is 0.598 e. The third-order valence-electron chi connectivity index (χ3n) is 1.62. The van der Waals surface area contributed by atoms with Crippen LogP contribution in [-0.4, -0.2) is 36.8 Å². The summed E-state index contributed by atoms with van der Waals surface area (Å²) in [7, 11) is 0.977. The Balaban J connectivity index is 2.32. The lowest BCUT2D eigenvalue weighted by atomic mass is 10.6. The molecule has 0 spiro atoms. The quantitative estimate of drug-likeness (QED) is 0.345. The Morgan fingerprint density at radius 1 is 1.50 bits per heavy atom. The minimum atomic E-state index is -0.399. The summed E-state index contributed by atoms with van der Waals surface area (Å²) in [5.41, 5.74) is 0. The van der Waals surface area contributed by atoms with Gasteiger partial charge in [-0.05, 0) is 6.92 Å². The van der Waals surface area contributed by atoms with Crippen LogP contribution in [0.2, 0.25) is 0 Å². The Morgan fingerprint density at radius 3 is 2.60 bits per heavy atom. The zero-order chi connectivity index (χ0) is 7.45. The SMILES string of the molecule is CCO[N+]1([O-])CCPCC1. The third-order valence-corrected chi connectivity index (χ3v) is 2.78. The van der Waals surface area contributed by atoms with Crippen molar-refractivity contribution < 1.29 is 9.65 Å². The molecule has 1 fully saturated rings. The molecule has 1 saturated heterocycles. The van der Waals surface area contributed by atoms with Crippen LogP contribution < -0.4 is 0 Å². The minimum absolute atomic E-state index is 0.399. The minimum Gasteiger partial charge on any atom is -0.598 e. The van der Waals surface area contributed by atoms with Crippen LogP contribution in [-0.2, 0) is 4.84 Å². The molecule has 0 aliphatic carbocycles. The first-order valence-corrected chi connectivity index (χ1v) is 5.11. The topological polar surface area (TPSA) is 32.3 Å². The highest BCUT2D eigenvalue weighted by Crippen LogP contribution is 2.21. The first-order chi connectivity index (χ1) is 4.77. The van der Waals surface area contributed by atoms with Gasteiger partial charge in [-0.25, -0.2) is 9.65 Å². The molecule has 0 unspecified atom stereocenters. The molecule has 4 heteroatoms. The zero-order valence-corrected chi connectivity index (χ0v) is 7.30. The van der Waals surface area contributed by atoms with E-state index in [1.54, 1.807) is 0 Å². The summed E-state index contributed by atoms with van der Waals surface area (Å²) in [6.45, 7) is 3.72. The highest BCUT2D eigenvalue weighted by molar-refractivity contribution is 7.38. The molecule has 0 atom stereocenters. The summed E-state index contributed by atoms with van der Waals surface area (Å²) >= 11 is 0. The van der Waals surface area contributed by atoms with Gasteiger partial charge in [0.15, 0.2) is 0 Å². The van der Waals surface area contributed by atoms with Crippen LogP contribution >= 0.6 is 8.58 Å². The lowest BCUT2D eigenvalue weighted by Crippen LogP contribution is -2.47. The molecule has 10 heavy (non-hydrogen) atoms. The van der Waals surface area contributed by atoms with Gasteiger partial charge in [0.05, 0.1) is 0 Å². The number of quaternary nitrogens is 1. The Kier molecular flexibility index (Phi) is 3.05. The lowest BCUT2D eigenvalue weighted by molar-refractivity contribution is -1.06. The molecule has 0 aromatic heterocycles. The summed E-state index contributed by atoms with van der Waals surface area (Å²) < 4.78 is 0. The van der Waals surface area contributed by atoms with E-state index in [4.69, 9.17) is 4.84 Å². The van der Waals surface area contributed by atoms with E-state index >= 15 is 0 Å². The van der Waals surface area contributed by atoms with Gasteiger partial charge in [0.2, 0.25) is 0 Å². The molecule has 1 aliphatic rings. The second-order valence-corrected chi connectivity index (χ2v) is 3.93. The van der Waals surface area contributed by atoms with E-state index in [-0.39, 0.29) is 0 Å². The summed E-state index contributed by atoms with van der Waals surface area (Å²) in [6, 6.07) is 0. The monoisotopic (exact) mass is 163 g/mol. The molecule has 0 bridgehead atoms. The Hall–Kier alpha value is 0.310. The maximum absolute atomic E-state index is 11.4. The van der Waals surface area contributed by atoms with Crippen LogP contribution in [0.3, 0.4) is 0 Å². The van der Waals surface area contributed by atoms with Gasteiger partial charge in [-0.3, -0.25) is 0 Å². The van der Waals surface area contributed by atoms with Crippen LogP contribution in [0.25, 0.3) is 0 Å². The van der Waals surface area contributed by atoms with Crippen molar-refractivity contribution in [2.75, 3.05) is 32.0 Å². The molecule has 1 aliphatic heterocycles. The van der Waals surface area contributed by atoms with Crippen LogP contribution in [0, 0.1) is 5.21 Å². The molecule has 0 N–H and O–H groups in total. The molecule has 0 aromatic rings. The van der Waals surface area contributed by atoms with E-state index in [1.165, 1.54) is 0 Å². The van der Waals surface area contributed by atoms with Gasteiger partial charge < -0.3 is 5.21 Å². The van der Waals surface area contributed by atoms with E-state index < -0.39 is 4.81 Å². The third kappa shape index (κ3) is 2.17. The molecule has 1 heterocycles. The maximum Gasteiger partial charge on any atom is 0.112 e. The van der Waals surface area contributed by atoms with Crippen molar-refractivity contribution in [1.29, 1.82) is 0 Å². The number of hydrogen-bond donors (Lipinski definition) is 0. The predicted octanol–water partition coefficient (Wildman–Crippen LogP) is 0.945. The van der Waals surface area contributed by atoms with Crippen LogP contribution in [0.15, 0.2) is 0 Å². The summed E-state index contributed by atoms with van der Waals surface area (Å²) in [6.07, 6.45) is 2.09. The second kappa shape index (κ2) is 3.63. The fraction of sp³-hybridized carbons (Fsp3) is 1.00. The van der Waals surface area contributed by atoms with Gasteiger partial charge in [-0.15, -0.1) is 8.58 Å². The highest BCUT2D eigenvalue weighted by Gasteiger charge is 2.21. The van der Waals surface area contributed by atoms with E-state index in [9.17, 15) is 5.21 Å². The van der Waals surface area contributed by atoms with E-state index in [2.05, 4.69) is 0 Å². The first kappa shape index (κ1) is 8.41. The fourth-order valence-corrected chi connectivity index (χ4v) is 2.35. The zero-order valence-electron chi connectivity index (χ0n) is 6.30. The molecule has 3 nitrogen and oxygen atoms in total. The van der Waals surface area contributed by atoms with E-state index in [0.29, 0.717) is 19.7 Å². The second-order valence-electron chi connectivity index (χ2n) is 2.43. The van der Waals surface area contributed by atoms with E-state index in [0.717, 1.165) is 20.9 Å². The molecule has 1 rings (SSSR count). The van der Waals surface area contributed by atoms with Crippen molar-refractivity contribution in [2.45, 2.75) is 6.92 Å². The number of hydrogen-bond acceptors (Lipinski definition) is 2. The highest BCUT2D eigenvalue weighted by atomic mass is 31.1. The van der Waals surface area contributed by atoms with Crippen molar-refractivity contribution in [3.63, 3.8) is 0 Å². The van der Waals surface area contributed by atoms with E-state index in [1.807, 2.05) is 6.92 Å². The van der Waals surface area contributed by atoms with Gasteiger partial charge in [-0.2, -0.15) is 0 Å². The fourth-order valence-electron chi connectivity index (χ4n) is 1.10. The number of hydroxylamine groups is 4. The molecule has 0 aromatic carbocycles. The summed E-state index contributed by atoms with van der Waals surface area (Å²) in [4.78, 5) is 4.66. The summed E-state index contributed by atoms with van der Waals surface area (Å²) in [5.74, 6) is 0. The smallest absolute Gasteiger partial charge is 0.112 e. The molecule has 0 amide bonds. The van der Waals surface area contributed by atoms with Crippen LogP contribution in [0.4, 0.5) is 0 Å². The molecular weight excluding hydrogens is 149 g/mol. The lowest BCUT2D eigenvalue weighted by Gasteiger charge is -2.41. The van der Waals surface area contributed by atoms with Crippen molar-refractivity contribution >= 4 is 8.58 Å². The molecular formula is C6H14NO2P. The molecule has 0 radical (unpaired) electrons. The standard InChI is InChI=1S/C6H14NO2P/c1-2-9-7(8)3-5-10-6-4-7/h10H,2-6H2,1H3. The number of rotatable bonds is 2. The van der Waals surface area contributed by atoms with Crippen molar-refractivity contribution in [1.82, 2.24) is 0 Å². The van der Waals surface area contributed by atoms with Gasteiger partial charge in [-0.1, -0.05) is 0 Å². The van der Waals surface area contributed by atoms with Crippen LogP contribution in [0.5, 0.6) is 0 Å². The van der Waals surface area contributed by atoms with Crippen LogP contribution in [0.1, 0.15) is 6.92 Å².